The first-order chi connectivity index (χ1) is 9.20. The van der Waals surface area contributed by atoms with E-state index in [0.29, 0.717) is 11.8 Å². The van der Waals surface area contributed by atoms with E-state index in [2.05, 4.69) is 17.3 Å². The van der Waals surface area contributed by atoms with Crippen molar-refractivity contribution in [2.24, 2.45) is 22.9 Å². The van der Waals surface area contributed by atoms with E-state index in [4.69, 9.17) is 5.21 Å². The molecular formula is C14H14N2O3. The zero-order chi connectivity index (χ0) is 13.4. The first kappa shape index (κ1) is 11.9. The van der Waals surface area contributed by atoms with Crippen molar-refractivity contribution in [2.75, 3.05) is 0 Å². The van der Waals surface area contributed by atoms with E-state index in [0.717, 1.165) is 12.0 Å². The molecule has 5 heteroatoms. The SMILES string of the molecule is O=[N+]([O-])c1cccc(C2C3C=CC(C3)C2/C=N/O)c1. The molecule has 0 saturated heterocycles. The molecule has 1 saturated carbocycles. The third-order valence-electron chi connectivity index (χ3n) is 4.22. The van der Waals surface area contributed by atoms with Crippen molar-refractivity contribution in [2.45, 2.75) is 12.3 Å². The molecule has 4 atom stereocenters. The number of oxime groups is 1. The predicted octanol–water partition coefficient (Wildman–Crippen LogP) is 2.96. The minimum absolute atomic E-state index is 0.115. The number of fused-ring (bicyclic) bond motifs is 2. The second kappa shape index (κ2) is 4.50. The molecule has 0 aromatic heterocycles. The van der Waals surface area contributed by atoms with Gasteiger partial charge in [-0.2, -0.15) is 0 Å². The van der Waals surface area contributed by atoms with Gasteiger partial charge in [-0.1, -0.05) is 24.3 Å². The van der Waals surface area contributed by atoms with Crippen LogP contribution in [0.3, 0.4) is 0 Å². The first-order valence-electron chi connectivity index (χ1n) is 6.31. The van der Waals surface area contributed by atoms with Crippen molar-refractivity contribution >= 4 is 11.9 Å². The van der Waals surface area contributed by atoms with Crippen molar-refractivity contribution in [1.82, 2.24) is 0 Å². The van der Waals surface area contributed by atoms with Crippen molar-refractivity contribution in [3.63, 3.8) is 0 Å². The highest BCUT2D eigenvalue weighted by Gasteiger charge is 2.44. The highest BCUT2D eigenvalue weighted by Crippen LogP contribution is 2.52. The van der Waals surface area contributed by atoms with Crippen LogP contribution in [-0.4, -0.2) is 16.3 Å². The Kier molecular flexibility index (Phi) is 2.81. The van der Waals surface area contributed by atoms with Crippen LogP contribution in [-0.2, 0) is 0 Å². The van der Waals surface area contributed by atoms with E-state index in [1.54, 1.807) is 18.3 Å². The average molecular weight is 258 g/mol. The molecule has 1 aromatic carbocycles. The van der Waals surface area contributed by atoms with Gasteiger partial charge in [-0.15, -0.1) is 5.16 Å². The van der Waals surface area contributed by atoms with Gasteiger partial charge in [0.1, 0.15) is 0 Å². The van der Waals surface area contributed by atoms with Crippen LogP contribution in [0.25, 0.3) is 0 Å². The number of allylic oxidation sites excluding steroid dienone is 2. The molecule has 5 nitrogen and oxygen atoms in total. The number of non-ortho nitro benzene ring substituents is 1. The Hall–Kier alpha value is -2.17. The normalized spacial score (nSPS) is 32.2. The summed E-state index contributed by atoms with van der Waals surface area (Å²) in [5, 5.41) is 22.8. The maximum Gasteiger partial charge on any atom is 0.269 e. The van der Waals surface area contributed by atoms with Gasteiger partial charge < -0.3 is 5.21 Å². The minimum atomic E-state index is -0.373. The van der Waals surface area contributed by atoms with E-state index in [9.17, 15) is 10.1 Å². The molecule has 1 N–H and O–H groups in total. The van der Waals surface area contributed by atoms with E-state index in [1.807, 2.05) is 6.07 Å². The number of hydrogen-bond donors (Lipinski definition) is 1. The summed E-state index contributed by atoms with van der Waals surface area (Å²) in [6, 6.07) is 6.78. The number of rotatable bonds is 3. The van der Waals surface area contributed by atoms with Crippen molar-refractivity contribution in [3.05, 3.63) is 52.1 Å². The molecule has 0 spiro atoms. The van der Waals surface area contributed by atoms with Gasteiger partial charge in [0, 0.05) is 24.3 Å². The molecule has 2 aliphatic carbocycles. The van der Waals surface area contributed by atoms with E-state index >= 15 is 0 Å². The Morgan fingerprint density at radius 2 is 2.16 bits per heavy atom. The Bertz CT molecular complexity index is 568. The molecule has 98 valence electrons. The van der Waals surface area contributed by atoms with Crippen molar-refractivity contribution < 1.29 is 10.1 Å². The summed E-state index contributed by atoms with van der Waals surface area (Å²) in [5.41, 5.74) is 1.07. The van der Waals surface area contributed by atoms with Gasteiger partial charge >= 0.3 is 0 Å². The standard InChI is InChI=1S/C14H14N2O3/c17-15-8-13-9-4-5-11(6-9)14(13)10-2-1-3-12(7-10)16(18)19/h1-5,7-9,11,13-14,17H,6H2/b15-8+. The molecule has 3 rings (SSSR count). The van der Waals surface area contributed by atoms with Crippen LogP contribution in [0.1, 0.15) is 17.9 Å². The van der Waals surface area contributed by atoms with Crippen LogP contribution in [0.4, 0.5) is 5.69 Å². The first-order valence-corrected chi connectivity index (χ1v) is 6.31. The van der Waals surface area contributed by atoms with E-state index in [1.165, 1.54) is 6.07 Å². The summed E-state index contributed by atoms with van der Waals surface area (Å²) in [5.74, 6) is 1.06. The third-order valence-corrected chi connectivity index (χ3v) is 4.22. The number of nitro benzene ring substituents is 1. The zero-order valence-corrected chi connectivity index (χ0v) is 10.2. The molecule has 0 heterocycles. The Balaban J connectivity index is 1.98. The van der Waals surface area contributed by atoms with Crippen LogP contribution >= 0.6 is 0 Å². The van der Waals surface area contributed by atoms with Crippen LogP contribution in [0, 0.1) is 27.9 Å². The fraction of sp³-hybridized carbons (Fsp3) is 0.357. The minimum Gasteiger partial charge on any atom is -0.411 e. The van der Waals surface area contributed by atoms with E-state index in [-0.39, 0.29) is 22.4 Å². The molecule has 1 fully saturated rings. The lowest BCUT2D eigenvalue weighted by atomic mass is 9.79. The third kappa shape index (κ3) is 1.91. The van der Waals surface area contributed by atoms with Gasteiger partial charge in [0.15, 0.2) is 0 Å². The Labute approximate surface area is 110 Å². The molecule has 4 unspecified atom stereocenters. The van der Waals surface area contributed by atoms with Crippen LogP contribution < -0.4 is 0 Å². The highest BCUT2D eigenvalue weighted by molar-refractivity contribution is 5.65. The maximum absolute atomic E-state index is 10.9. The highest BCUT2D eigenvalue weighted by atomic mass is 16.6. The van der Waals surface area contributed by atoms with Gasteiger partial charge in [-0.05, 0) is 29.7 Å². The quantitative estimate of drug-likeness (QED) is 0.298. The van der Waals surface area contributed by atoms with Gasteiger partial charge in [0.25, 0.3) is 5.69 Å². The lowest BCUT2D eigenvalue weighted by Crippen LogP contribution is -2.19. The van der Waals surface area contributed by atoms with Crippen LogP contribution in [0.2, 0.25) is 0 Å². The summed E-state index contributed by atoms with van der Waals surface area (Å²) in [7, 11) is 0. The number of nitrogens with zero attached hydrogens (tertiary/aromatic N) is 2. The van der Waals surface area contributed by atoms with Crippen LogP contribution in [0.15, 0.2) is 41.6 Å². The van der Waals surface area contributed by atoms with Gasteiger partial charge in [0.05, 0.1) is 4.92 Å². The molecule has 0 radical (unpaired) electrons. The van der Waals surface area contributed by atoms with Gasteiger partial charge in [-0.25, -0.2) is 0 Å². The summed E-state index contributed by atoms with van der Waals surface area (Å²) < 4.78 is 0. The molecule has 0 aliphatic heterocycles. The predicted molar refractivity (Wildman–Crippen MR) is 70.3 cm³/mol. The summed E-state index contributed by atoms with van der Waals surface area (Å²) >= 11 is 0. The molecular weight excluding hydrogens is 244 g/mol. The molecule has 2 aliphatic rings. The summed E-state index contributed by atoms with van der Waals surface area (Å²) in [6.45, 7) is 0. The number of hydrogen-bond acceptors (Lipinski definition) is 4. The van der Waals surface area contributed by atoms with Crippen molar-refractivity contribution in [1.29, 1.82) is 0 Å². The van der Waals surface area contributed by atoms with E-state index < -0.39 is 0 Å². The fourth-order valence-electron chi connectivity index (χ4n) is 3.46. The smallest absolute Gasteiger partial charge is 0.269 e. The number of nitro groups is 1. The molecule has 0 amide bonds. The van der Waals surface area contributed by atoms with Crippen LogP contribution in [0.5, 0.6) is 0 Å². The second-order valence-corrected chi connectivity index (χ2v) is 5.17. The molecule has 1 aromatic rings. The maximum atomic E-state index is 10.9. The second-order valence-electron chi connectivity index (χ2n) is 5.17. The lowest BCUT2D eigenvalue weighted by molar-refractivity contribution is -0.384. The Morgan fingerprint density at radius 3 is 2.89 bits per heavy atom. The summed E-state index contributed by atoms with van der Waals surface area (Å²) in [6.07, 6.45) is 6.93. The van der Waals surface area contributed by atoms with Gasteiger partial charge in [0.2, 0.25) is 0 Å². The fourth-order valence-corrected chi connectivity index (χ4v) is 3.46. The lowest BCUT2D eigenvalue weighted by Gasteiger charge is -2.24. The summed E-state index contributed by atoms with van der Waals surface area (Å²) in [4.78, 5) is 10.5. The largest absolute Gasteiger partial charge is 0.411 e. The topological polar surface area (TPSA) is 75.7 Å². The number of benzene rings is 1. The molecule has 19 heavy (non-hydrogen) atoms. The van der Waals surface area contributed by atoms with Gasteiger partial charge in [-0.3, -0.25) is 10.1 Å². The Morgan fingerprint density at radius 1 is 1.37 bits per heavy atom. The average Bonchev–Trinajstić information content (AvgIpc) is 3.00. The monoisotopic (exact) mass is 258 g/mol. The zero-order valence-electron chi connectivity index (χ0n) is 10.2. The molecule has 2 bridgehead atoms. The van der Waals surface area contributed by atoms with Crippen molar-refractivity contribution in [3.8, 4) is 0 Å².